The van der Waals surface area contributed by atoms with Gasteiger partial charge in [-0.25, -0.2) is 4.98 Å². The normalized spacial score (nSPS) is 12.2. The molecule has 4 aromatic rings. The summed E-state index contributed by atoms with van der Waals surface area (Å²) in [6, 6.07) is 24.5. The van der Waals surface area contributed by atoms with Crippen LogP contribution < -0.4 is 0 Å². The second-order valence-corrected chi connectivity index (χ2v) is 5.39. The summed E-state index contributed by atoms with van der Waals surface area (Å²) in [6.07, 6.45) is 5.57. The van der Waals surface area contributed by atoms with Gasteiger partial charge in [0.2, 0.25) is 0 Å². The number of hydrogen-bond donors (Lipinski definition) is 0. The summed E-state index contributed by atoms with van der Waals surface area (Å²) in [7, 11) is 0. The first-order chi connectivity index (χ1) is 11.4. The van der Waals surface area contributed by atoms with Gasteiger partial charge < -0.3 is 8.98 Å². The number of aromatic nitrogens is 2. The molecule has 1 atom stereocenters. The lowest BCUT2D eigenvalue weighted by atomic mass is 10.0. The fraction of sp³-hybridized carbons (Fsp3) is 0.0500. The molecule has 0 radical (unpaired) electrons. The van der Waals surface area contributed by atoms with Gasteiger partial charge in [-0.3, -0.25) is 0 Å². The predicted octanol–water partition coefficient (Wildman–Crippen LogP) is 4.78. The summed E-state index contributed by atoms with van der Waals surface area (Å²) < 4.78 is 8.22. The molecule has 0 aliphatic rings. The van der Waals surface area contributed by atoms with Crippen LogP contribution in [0.1, 0.15) is 17.4 Å². The molecule has 1 unspecified atom stereocenters. The summed E-state index contributed by atoms with van der Waals surface area (Å²) >= 11 is 0. The maximum atomic E-state index is 6.16. The van der Waals surface area contributed by atoms with Crippen molar-refractivity contribution in [3.63, 3.8) is 0 Å². The van der Waals surface area contributed by atoms with Crippen molar-refractivity contribution in [3.05, 3.63) is 103 Å². The lowest BCUT2D eigenvalue weighted by Gasteiger charge is -2.16. The summed E-state index contributed by atoms with van der Waals surface area (Å²) in [6.45, 7) is 0. The molecule has 0 spiro atoms. The van der Waals surface area contributed by atoms with E-state index in [0.717, 1.165) is 17.1 Å². The third-order valence-corrected chi connectivity index (χ3v) is 3.89. The van der Waals surface area contributed by atoms with Crippen molar-refractivity contribution in [1.29, 1.82) is 0 Å². The van der Waals surface area contributed by atoms with E-state index < -0.39 is 0 Å². The molecule has 2 aromatic carbocycles. The van der Waals surface area contributed by atoms with Gasteiger partial charge in [-0.15, -0.1) is 0 Å². The van der Waals surface area contributed by atoms with E-state index >= 15 is 0 Å². The minimum Gasteiger partial charge on any atom is -0.459 e. The zero-order valence-electron chi connectivity index (χ0n) is 12.5. The molecule has 3 nitrogen and oxygen atoms in total. The Morgan fingerprint density at radius 3 is 2.26 bits per heavy atom. The largest absolute Gasteiger partial charge is 0.459 e. The molecule has 0 bridgehead atoms. The molecule has 0 amide bonds. The van der Waals surface area contributed by atoms with Gasteiger partial charge in [-0.05, 0) is 17.7 Å². The Hall–Kier alpha value is -3.07. The SMILES string of the molecule is c1ccc(-c2ccc(C(c3ccccc3)n3ccnc3)o2)cc1. The molecule has 2 heterocycles. The lowest BCUT2D eigenvalue weighted by molar-refractivity contribution is 0.470. The van der Waals surface area contributed by atoms with Crippen LogP contribution in [0, 0.1) is 0 Å². The number of rotatable bonds is 4. The van der Waals surface area contributed by atoms with Crippen molar-refractivity contribution in [1.82, 2.24) is 9.55 Å². The van der Waals surface area contributed by atoms with E-state index in [-0.39, 0.29) is 6.04 Å². The Morgan fingerprint density at radius 1 is 0.826 bits per heavy atom. The van der Waals surface area contributed by atoms with Crippen molar-refractivity contribution in [2.24, 2.45) is 0 Å². The number of imidazole rings is 1. The molecular weight excluding hydrogens is 284 g/mol. The lowest BCUT2D eigenvalue weighted by Crippen LogP contribution is -2.09. The fourth-order valence-electron chi connectivity index (χ4n) is 2.80. The Kier molecular flexibility index (Phi) is 3.53. The Balaban J connectivity index is 1.78. The van der Waals surface area contributed by atoms with Gasteiger partial charge in [-0.2, -0.15) is 0 Å². The summed E-state index contributed by atoms with van der Waals surface area (Å²) in [4.78, 5) is 4.18. The minimum atomic E-state index is -0.0174. The van der Waals surface area contributed by atoms with E-state index in [1.54, 1.807) is 6.20 Å². The van der Waals surface area contributed by atoms with E-state index in [1.165, 1.54) is 5.56 Å². The molecule has 4 rings (SSSR count). The maximum Gasteiger partial charge on any atom is 0.134 e. The standard InChI is InChI=1S/C20H16N2O/c1-3-7-16(8-4-1)18-11-12-19(23-18)20(22-14-13-21-15-22)17-9-5-2-6-10-17/h1-15,20H. The van der Waals surface area contributed by atoms with E-state index in [9.17, 15) is 0 Å². The van der Waals surface area contributed by atoms with Gasteiger partial charge in [0.05, 0.1) is 6.33 Å². The van der Waals surface area contributed by atoms with Gasteiger partial charge in [-0.1, -0.05) is 60.7 Å². The molecule has 0 aliphatic carbocycles. The molecule has 0 saturated carbocycles. The van der Waals surface area contributed by atoms with Crippen molar-refractivity contribution < 1.29 is 4.42 Å². The molecule has 0 aliphatic heterocycles. The smallest absolute Gasteiger partial charge is 0.134 e. The number of furan rings is 1. The summed E-state index contributed by atoms with van der Waals surface area (Å²) in [5.41, 5.74) is 2.25. The average Bonchev–Trinajstić information content (AvgIpc) is 3.30. The van der Waals surface area contributed by atoms with Crippen LogP contribution in [-0.4, -0.2) is 9.55 Å². The van der Waals surface area contributed by atoms with Crippen LogP contribution >= 0.6 is 0 Å². The Bertz CT molecular complexity index is 864. The van der Waals surface area contributed by atoms with Crippen LogP contribution in [0.2, 0.25) is 0 Å². The number of nitrogens with zero attached hydrogens (tertiary/aromatic N) is 2. The highest BCUT2D eigenvalue weighted by Gasteiger charge is 2.19. The first-order valence-corrected chi connectivity index (χ1v) is 7.59. The van der Waals surface area contributed by atoms with Crippen molar-refractivity contribution in [2.75, 3.05) is 0 Å². The second kappa shape index (κ2) is 5.97. The highest BCUT2D eigenvalue weighted by atomic mass is 16.3. The molecule has 0 fully saturated rings. The van der Waals surface area contributed by atoms with Crippen LogP contribution in [0.15, 0.2) is 95.9 Å². The van der Waals surface area contributed by atoms with Crippen LogP contribution in [0.3, 0.4) is 0 Å². The third kappa shape index (κ3) is 2.69. The zero-order chi connectivity index (χ0) is 15.5. The van der Waals surface area contributed by atoms with Crippen molar-refractivity contribution >= 4 is 0 Å². The van der Waals surface area contributed by atoms with Crippen LogP contribution in [0.25, 0.3) is 11.3 Å². The first kappa shape index (κ1) is 13.6. The molecule has 2 aromatic heterocycles. The number of hydrogen-bond acceptors (Lipinski definition) is 2. The quantitative estimate of drug-likeness (QED) is 0.543. The maximum absolute atomic E-state index is 6.16. The summed E-state index contributed by atoms with van der Waals surface area (Å²) in [5, 5.41) is 0. The van der Waals surface area contributed by atoms with Crippen molar-refractivity contribution in [3.8, 4) is 11.3 Å². The van der Waals surface area contributed by atoms with E-state index in [4.69, 9.17) is 4.42 Å². The molecule has 0 N–H and O–H groups in total. The van der Waals surface area contributed by atoms with E-state index in [0.29, 0.717) is 0 Å². The van der Waals surface area contributed by atoms with Crippen LogP contribution in [0.5, 0.6) is 0 Å². The van der Waals surface area contributed by atoms with Gasteiger partial charge >= 0.3 is 0 Å². The van der Waals surface area contributed by atoms with Crippen LogP contribution in [0.4, 0.5) is 0 Å². The predicted molar refractivity (Wildman–Crippen MR) is 90.1 cm³/mol. The number of benzene rings is 2. The van der Waals surface area contributed by atoms with Gasteiger partial charge in [0.25, 0.3) is 0 Å². The fourth-order valence-corrected chi connectivity index (χ4v) is 2.80. The molecule has 112 valence electrons. The van der Waals surface area contributed by atoms with E-state index in [2.05, 4.69) is 33.8 Å². The highest BCUT2D eigenvalue weighted by molar-refractivity contribution is 5.57. The minimum absolute atomic E-state index is 0.0174. The first-order valence-electron chi connectivity index (χ1n) is 7.59. The van der Waals surface area contributed by atoms with Gasteiger partial charge in [0.1, 0.15) is 17.6 Å². The molecule has 3 heteroatoms. The zero-order valence-corrected chi connectivity index (χ0v) is 12.5. The van der Waals surface area contributed by atoms with Gasteiger partial charge in [0, 0.05) is 18.0 Å². The van der Waals surface area contributed by atoms with Gasteiger partial charge in [0.15, 0.2) is 0 Å². The molecule has 0 saturated heterocycles. The van der Waals surface area contributed by atoms with Crippen LogP contribution in [-0.2, 0) is 0 Å². The van der Waals surface area contributed by atoms with Crippen molar-refractivity contribution in [2.45, 2.75) is 6.04 Å². The topological polar surface area (TPSA) is 31.0 Å². The Labute approximate surface area is 134 Å². The van der Waals surface area contributed by atoms with E-state index in [1.807, 2.05) is 61.1 Å². The molecular formula is C20H16N2O. The Morgan fingerprint density at radius 2 is 1.57 bits per heavy atom. The summed E-state index contributed by atoms with van der Waals surface area (Å²) in [5.74, 6) is 1.77. The monoisotopic (exact) mass is 300 g/mol. The highest BCUT2D eigenvalue weighted by Crippen LogP contribution is 2.31. The third-order valence-electron chi connectivity index (χ3n) is 3.89. The second-order valence-electron chi connectivity index (χ2n) is 5.39. The average molecular weight is 300 g/mol. The molecule has 23 heavy (non-hydrogen) atoms.